The van der Waals surface area contributed by atoms with E-state index in [2.05, 4.69) is 125 Å². The molecule has 0 bridgehead atoms. The molecule has 0 aliphatic heterocycles. The first-order valence-electron chi connectivity index (χ1n) is 12.2. The normalized spacial score (nSPS) is 11.9. The Morgan fingerprint density at radius 3 is 2.14 bits per heavy atom. The van der Waals surface area contributed by atoms with Crippen LogP contribution < -0.4 is 0 Å². The predicted octanol–water partition coefficient (Wildman–Crippen LogP) is 8.63. The molecule has 0 unspecified atom stereocenters. The third-order valence-electron chi connectivity index (χ3n) is 7.37. The van der Waals surface area contributed by atoms with Gasteiger partial charge in [0.15, 0.2) is 0 Å². The molecule has 8 rings (SSSR count). The number of aromatic nitrogens is 3. The lowest BCUT2D eigenvalue weighted by molar-refractivity contribution is 0.911. The highest BCUT2D eigenvalue weighted by Crippen LogP contribution is 2.43. The molecule has 0 radical (unpaired) electrons. The maximum atomic E-state index is 5.08. The number of nitrogens with zero attached hydrogens (tertiary/aromatic N) is 2. The van der Waals surface area contributed by atoms with Gasteiger partial charge < -0.3 is 5.10 Å². The van der Waals surface area contributed by atoms with Gasteiger partial charge in [-0.1, -0.05) is 78.9 Å². The molecule has 0 spiro atoms. The maximum Gasteiger partial charge on any atom is 0.0725 e. The molecular weight excluding hydrogens is 438 g/mol. The van der Waals surface area contributed by atoms with Crippen molar-refractivity contribution in [1.29, 1.82) is 0 Å². The lowest BCUT2D eigenvalue weighted by Crippen LogP contribution is -1.94. The van der Waals surface area contributed by atoms with E-state index in [9.17, 15) is 0 Å². The summed E-state index contributed by atoms with van der Waals surface area (Å²) < 4.78 is 2.15. The van der Waals surface area contributed by atoms with Gasteiger partial charge in [0.05, 0.1) is 22.2 Å². The second-order valence-corrected chi connectivity index (χ2v) is 9.34. The molecule has 168 valence electrons. The number of nitrogens with one attached hydrogen (secondary N) is 1. The first-order chi connectivity index (χ1) is 17.9. The Morgan fingerprint density at radius 1 is 0.556 bits per heavy atom. The van der Waals surface area contributed by atoms with Gasteiger partial charge in [0, 0.05) is 27.7 Å². The van der Waals surface area contributed by atoms with Gasteiger partial charge in [-0.05, 0) is 63.7 Å². The SMILES string of the molecule is c1ccc(-c2cc3ccccc3c3c2ccc2nc4ccc5c(c[nH]n5-c5ccccc5)c4c23)cc1. The number of benzene rings is 6. The molecule has 36 heavy (non-hydrogen) atoms. The predicted molar refractivity (Wildman–Crippen MR) is 151 cm³/mol. The monoisotopic (exact) mass is 459 g/mol. The van der Waals surface area contributed by atoms with E-state index in [-0.39, 0.29) is 0 Å². The molecule has 6 aromatic carbocycles. The van der Waals surface area contributed by atoms with Gasteiger partial charge in [-0.3, -0.25) is 4.68 Å². The van der Waals surface area contributed by atoms with Gasteiger partial charge >= 0.3 is 0 Å². The van der Waals surface area contributed by atoms with Crippen LogP contribution in [0.5, 0.6) is 0 Å². The Bertz CT molecular complexity index is 2080. The zero-order valence-corrected chi connectivity index (χ0v) is 19.4. The second kappa shape index (κ2) is 7.30. The van der Waals surface area contributed by atoms with E-state index < -0.39 is 0 Å². The van der Waals surface area contributed by atoms with Gasteiger partial charge in [-0.15, -0.1) is 0 Å². The van der Waals surface area contributed by atoms with Crippen molar-refractivity contribution in [2.75, 3.05) is 0 Å². The maximum absolute atomic E-state index is 5.08. The summed E-state index contributed by atoms with van der Waals surface area (Å²) in [5, 5.41) is 12.1. The van der Waals surface area contributed by atoms with Gasteiger partial charge in [0.1, 0.15) is 0 Å². The smallest absolute Gasteiger partial charge is 0.0725 e. The van der Waals surface area contributed by atoms with E-state index in [0.29, 0.717) is 0 Å². The molecule has 3 nitrogen and oxygen atoms in total. The highest BCUT2D eigenvalue weighted by molar-refractivity contribution is 6.33. The summed E-state index contributed by atoms with van der Waals surface area (Å²) >= 11 is 0. The summed E-state index contributed by atoms with van der Waals surface area (Å²) in [6.07, 6.45) is 2.12. The first-order valence-corrected chi connectivity index (χ1v) is 12.2. The zero-order chi connectivity index (χ0) is 23.6. The number of hydrogen-bond acceptors (Lipinski definition) is 1. The molecule has 0 aliphatic rings. The molecule has 3 heteroatoms. The number of H-pyrrole nitrogens is 1. The van der Waals surface area contributed by atoms with E-state index in [1.165, 1.54) is 48.8 Å². The number of fused-ring (bicyclic) bond motifs is 9. The van der Waals surface area contributed by atoms with Crippen LogP contribution in [0.4, 0.5) is 0 Å². The van der Waals surface area contributed by atoms with Crippen molar-refractivity contribution in [3.05, 3.63) is 121 Å². The Labute approximate surface area is 207 Å². The van der Waals surface area contributed by atoms with Crippen molar-refractivity contribution in [3.63, 3.8) is 0 Å². The van der Waals surface area contributed by atoms with Crippen LogP contribution in [0.1, 0.15) is 0 Å². The first kappa shape index (κ1) is 19.4. The molecule has 8 aromatic rings. The summed E-state index contributed by atoms with van der Waals surface area (Å²) in [4.78, 5) is 5.08. The quantitative estimate of drug-likeness (QED) is 0.258. The molecule has 2 aromatic heterocycles. The number of para-hydroxylation sites is 1. The molecule has 0 fully saturated rings. The summed E-state index contributed by atoms with van der Waals surface area (Å²) in [5.74, 6) is 0. The zero-order valence-electron chi connectivity index (χ0n) is 19.4. The Hall–Kier alpha value is -4.89. The van der Waals surface area contributed by atoms with Gasteiger partial charge in [-0.2, -0.15) is 0 Å². The van der Waals surface area contributed by atoms with E-state index in [1.54, 1.807) is 0 Å². The molecule has 1 N–H and O–H groups in total. The molecule has 0 amide bonds. The fourth-order valence-electron chi connectivity index (χ4n) is 5.80. The van der Waals surface area contributed by atoms with Crippen LogP contribution in [0.3, 0.4) is 0 Å². The number of rotatable bonds is 2. The van der Waals surface area contributed by atoms with Gasteiger partial charge in [0.25, 0.3) is 0 Å². The van der Waals surface area contributed by atoms with Crippen LogP contribution >= 0.6 is 0 Å². The van der Waals surface area contributed by atoms with E-state index in [0.717, 1.165) is 22.2 Å². The van der Waals surface area contributed by atoms with Crippen molar-refractivity contribution in [1.82, 2.24) is 14.8 Å². The second-order valence-electron chi connectivity index (χ2n) is 9.34. The van der Waals surface area contributed by atoms with Gasteiger partial charge in [0.2, 0.25) is 0 Å². The molecule has 0 saturated carbocycles. The topological polar surface area (TPSA) is 33.6 Å². The summed E-state index contributed by atoms with van der Waals surface area (Å²) in [6.45, 7) is 0. The standard InChI is InChI=1S/C33H21N3/c1-3-9-21(10-4-1)26-19-22-11-7-8-14-24(22)31-25(26)15-16-29-33(31)32-27-20-34-36(23-12-5-2-6-13-23)30(27)18-17-28(32)35-29/h1-20,34H. The molecule has 0 saturated heterocycles. The van der Waals surface area contributed by atoms with E-state index >= 15 is 0 Å². The Morgan fingerprint density at radius 2 is 1.28 bits per heavy atom. The van der Waals surface area contributed by atoms with Crippen LogP contribution in [-0.2, 0) is 0 Å². The minimum Gasteiger partial charge on any atom is -0.300 e. The third kappa shape index (κ3) is 2.65. The minimum atomic E-state index is 1.03. The van der Waals surface area contributed by atoms with Crippen LogP contribution in [0.15, 0.2) is 121 Å². The fraction of sp³-hybridized carbons (Fsp3) is 0. The molecular formula is C33H21N3. The van der Waals surface area contributed by atoms with Crippen LogP contribution in [0.25, 0.3) is 71.1 Å². The lowest BCUT2D eigenvalue weighted by Gasteiger charge is -2.12. The number of aromatic amines is 1. The number of hydrogen-bond donors (Lipinski definition) is 1. The Kier molecular flexibility index (Phi) is 3.94. The lowest BCUT2D eigenvalue weighted by atomic mass is 9.90. The van der Waals surface area contributed by atoms with Crippen LogP contribution in [0.2, 0.25) is 0 Å². The fourth-order valence-corrected chi connectivity index (χ4v) is 5.80. The molecule has 2 heterocycles. The van der Waals surface area contributed by atoms with Crippen molar-refractivity contribution in [2.45, 2.75) is 0 Å². The van der Waals surface area contributed by atoms with Crippen LogP contribution in [0, 0.1) is 0 Å². The molecule has 0 atom stereocenters. The summed E-state index contributed by atoms with van der Waals surface area (Å²) in [7, 11) is 0. The van der Waals surface area contributed by atoms with E-state index in [4.69, 9.17) is 4.98 Å². The van der Waals surface area contributed by atoms with Crippen molar-refractivity contribution >= 4 is 54.3 Å². The third-order valence-corrected chi connectivity index (χ3v) is 7.37. The van der Waals surface area contributed by atoms with Crippen molar-refractivity contribution < 1.29 is 0 Å². The highest BCUT2D eigenvalue weighted by atomic mass is 15.3. The highest BCUT2D eigenvalue weighted by Gasteiger charge is 2.18. The largest absolute Gasteiger partial charge is 0.300 e. The van der Waals surface area contributed by atoms with Gasteiger partial charge in [-0.25, -0.2) is 4.98 Å². The Balaban J connectivity index is 1.58. The van der Waals surface area contributed by atoms with Crippen molar-refractivity contribution in [2.24, 2.45) is 0 Å². The summed E-state index contributed by atoms with van der Waals surface area (Å²) in [5.41, 5.74) is 6.79. The minimum absolute atomic E-state index is 1.03. The average Bonchev–Trinajstić information content (AvgIpc) is 3.55. The van der Waals surface area contributed by atoms with Crippen LogP contribution in [-0.4, -0.2) is 14.8 Å². The summed E-state index contributed by atoms with van der Waals surface area (Å²) in [6, 6.07) is 40.9. The van der Waals surface area contributed by atoms with E-state index in [1.807, 2.05) is 6.07 Å². The average molecular weight is 460 g/mol. The van der Waals surface area contributed by atoms with Crippen molar-refractivity contribution in [3.8, 4) is 16.8 Å². The molecule has 0 aliphatic carbocycles.